The highest BCUT2D eigenvalue weighted by Gasteiger charge is 2.30. The Morgan fingerprint density at radius 1 is 1.17 bits per heavy atom. The standard InChI is InChI=1S/C30H33NO5/c1-4-5-11-34-21-12-18(2)30(19(3)13-21)24-8-6-7-23-22(24)9-10-26(23)36-28-15-27-25(16-31-28)20(17-35-27)14-29(32)33/h6-8,12-13,15-16,20,26H,4-5,9-11,14,17H2,1-3H3,(H,32,33)/t20-,26?/m1/s1. The second-order valence-corrected chi connectivity index (χ2v) is 9.82. The number of carboxylic acid groups (broad SMARTS) is 1. The average molecular weight is 488 g/mol. The molecule has 1 aromatic heterocycles. The summed E-state index contributed by atoms with van der Waals surface area (Å²) in [5.41, 5.74) is 8.32. The van der Waals surface area contributed by atoms with E-state index in [1.165, 1.54) is 33.4 Å². The van der Waals surface area contributed by atoms with E-state index >= 15 is 0 Å². The lowest BCUT2D eigenvalue weighted by atomic mass is 9.90. The van der Waals surface area contributed by atoms with E-state index < -0.39 is 5.97 Å². The van der Waals surface area contributed by atoms with Gasteiger partial charge in [0.2, 0.25) is 5.88 Å². The van der Waals surface area contributed by atoms with Crippen molar-refractivity contribution in [2.75, 3.05) is 13.2 Å². The molecule has 1 N–H and O–H groups in total. The molecular weight excluding hydrogens is 454 g/mol. The number of ether oxygens (including phenoxy) is 3. The minimum absolute atomic E-state index is 0.0400. The van der Waals surface area contributed by atoms with E-state index in [2.05, 4.69) is 56.1 Å². The first-order valence-electron chi connectivity index (χ1n) is 12.8. The number of benzene rings is 2. The number of fused-ring (bicyclic) bond motifs is 2. The molecule has 2 aromatic carbocycles. The molecule has 0 bridgehead atoms. The van der Waals surface area contributed by atoms with Crippen molar-refractivity contribution in [3.05, 3.63) is 70.4 Å². The summed E-state index contributed by atoms with van der Waals surface area (Å²) < 4.78 is 18.0. The average Bonchev–Trinajstić information content (AvgIpc) is 3.43. The second kappa shape index (κ2) is 10.2. The molecule has 188 valence electrons. The first-order chi connectivity index (χ1) is 17.4. The van der Waals surface area contributed by atoms with Crippen LogP contribution in [-0.2, 0) is 11.2 Å². The van der Waals surface area contributed by atoms with Crippen LogP contribution in [0.25, 0.3) is 11.1 Å². The van der Waals surface area contributed by atoms with E-state index in [0.29, 0.717) is 18.2 Å². The van der Waals surface area contributed by atoms with Crippen LogP contribution in [0.15, 0.2) is 42.6 Å². The third-order valence-corrected chi connectivity index (χ3v) is 7.19. The maximum Gasteiger partial charge on any atom is 0.304 e. The molecule has 2 aliphatic rings. The Balaban J connectivity index is 1.37. The Bertz CT molecular complexity index is 1260. The molecule has 0 saturated carbocycles. The van der Waals surface area contributed by atoms with Gasteiger partial charge >= 0.3 is 5.97 Å². The first-order valence-corrected chi connectivity index (χ1v) is 12.8. The monoisotopic (exact) mass is 487 g/mol. The SMILES string of the molecule is CCCCOc1cc(C)c(-c2cccc3c2CCC3Oc2cc3c(cn2)[C@H](CC(=O)O)CO3)c(C)c1. The minimum atomic E-state index is -0.834. The van der Waals surface area contributed by atoms with E-state index in [4.69, 9.17) is 19.3 Å². The van der Waals surface area contributed by atoms with E-state index in [9.17, 15) is 4.79 Å². The number of pyridine rings is 1. The van der Waals surface area contributed by atoms with Crippen molar-refractivity contribution in [1.29, 1.82) is 0 Å². The largest absolute Gasteiger partial charge is 0.494 e. The summed E-state index contributed by atoms with van der Waals surface area (Å²) in [6.07, 6.45) is 5.65. The van der Waals surface area contributed by atoms with Gasteiger partial charge in [-0.25, -0.2) is 4.98 Å². The van der Waals surface area contributed by atoms with E-state index in [1.54, 1.807) is 12.3 Å². The van der Waals surface area contributed by atoms with Gasteiger partial charge in [0.25, 0.3) is 0 Å². The highest BCUT2D eigenvalue weighted by Crippen LogP contribution is 2.43. The summed E-state index contributed by atoms with van der Waals surface area (Å²) in [6.45, 7) is 7.59. The number of aromatic nitrogens is 1. The fraction of sp³-hybridized carbons (Fsp3) is 0.400. The molecule has 5 rings (SSSR count). The number of carboxylic acids is 1. The highest BCUT2D eigenvalue weighted by molar-refractivity contribution is 5.76. The Morgan fingerprint density at radius 2 is 1.97 bits per heavy atom. The smallest absolute Gasteiger partial charge is 0.304 e. The first kappa shape index (κ1) is 24.2. The quantitative estimate of drug-likeness (QED) is 0.344. The summed E-state index contributed by atoms with van der Waals surface area (Å²) in [5, 5.41) is 9.13. The normalized spacial score (nSPS) is 17.9. The molecule has 2 atom stereocenters. The van der Waals surface area contributed by atoms with Gasteiger partial charge in [0.15, 0.2) is 0 Å². The zero-order valence-electron chi connectivity index (χ0n) is 21.2. The van der Waals surface area contributed by atoms with Crippen molar-refractivity contribution in [3.63, 3.8) is 0 Å². The fourth-order valence-corrected chi connectivity index (χ4v) is 5.47. The molecule has 3 aromatic rings. The number of nitrogens with zero attached hydrogens (tertiary/aromatic N) is 1. The van der Waals surface area contributed by atoms with Crippen molar-refractivity contribution < 1.29 is 24.1 Å². The summed E-state index contributed by atoms with van der Waals surface area (Å²) in [4.78, 5) is 15.6. The van der Waals surface area contributed by atoms with Crippen LogP contribution in [0.2, 0.25) is 0 Å². The predicted octanol–water partition coefficient (Wildman–Crippen LogP) is 6.56. The number of hydrogen-bond acceptors (Lipinski definition) is 5. The Hall–Kier alpha value is -3.54. The molecular formula is C30H33NO5. The lowest BCUT2D eigenvalue weighted by Crippen LogP contribution is -2.07. The number of hydrogen-bond donors (Lipinski definition) is 1. The Kier molecular flexibility index (Phi) is 6.86. The van der Waals surface area contributed by atoms with Crippen LogP contribution in [0.3, 0.4) is 0 Å². The van der Waals surface area contributed by atoms with Crippen LogP contribution < -0.4 is 14.2 Å². The second-order valence-electron chi connectivity index (χ2n) is 9.82. The molecule has 0 saturated heterocycles. The van der Waals surface area contributed by atoms with E-state index in [0.717, 1.165) is 43.6 Å². The molecule has 0 fully saturated rings. The summed E-state index contributed by atoms with van der Waals surface area (Å²) >= 11 is 0. The van der Waals surface area contributed by atoms with Crippen molar-refractivity contribution >= 4 is 5.97 Å². The molecule has 6 heteroatoms. The summed E-state index contributed by atoms with van der Waals surface area (Å²) in [5.74, 6) is 1.12. The van der Waals surface area contributed by atoms with Crippen LogP contribution in [0.5, 0.6) is 17.4 Å². The number of aliphatic carboxylic acids is 1. The van der Waals surface area contributed by atoms with Crippen LogP contribution in [0.1, 0.15) is 72.4 Å². The molecule has 6 nitrogen and oxygen atoms in total. The maximum absolute atomic E-state index is 11.1. The molecule has 2 heterocycles. The molecule has 0 spiro atoms. The molecule has 36 heavy (non-hydrogen) atoms. The molecule has 1 aliphatic heterocycles. The number of unbranched alkanes of at least 4 members (excludes halogenated alkanes) is 1. The number of carbonyl (C=O) groups is 1. The van der Waals surface area contributed by atoms with Gasteiger partial charge in [-0.15, -0.1) is 0 Å². The highest BCUT2D eigenvalue weighted by atomic mass is 16.5. The van der Waals surface area contributed by atoms with Crippen molar-refractivity contribution in [2.24, 2.45) is 0 Å². The van der Waals surface area contributed by atoms with Crippen LogP contribution >= 0.6 is 0 Å². The topological polar surface area (TPSA) is 77.9 Å². The lowest BCUT2D eigenvalue weighted by molar-refractivity contribution is -0.137. The maximum atomic E-state index is 11.1. The van der Waals surface area contributed by atoms with Gasteiger partial charge in [0.1, 0.15) is 17.6 Å². The summed E-state index contributed by atoms with van der Waals surface area (Å²) in [6, 6.07) is 12.5. The zero-order chi connectivity index (χ0) is 25.2. The molecule has 0 radical (unpaired) electrons. The van der Waals surface area contributed by atoms with Gasteiger partial charge in [-0.1, -0.05) is 31.5 Å². The Morgan fingerprint density at radius 3 is 2.72 bits per heavy atom. The fourth-order valence-electron chi connectivity index (χ4n) is 5.47. The van der Waals surface area contributed by atoms with Gasteiger partial charge in [-0.2, -0.15) is 0 Å². The van der Waals surface area contributed by atoms with Crippen LogP contribution in [0.4, 0.5) is 0 Å². The predicted molar refractivity (Wildman–Crippen MR) is 138 cm³/mol. The van der Waals surface area contributed by atoms with Gasteiger partial charge in [-0.3, -0.25) is 4.79 Å². The van der Waals surface area contributed by atoms with Crippen molar-refractivity contribution in [2.45, 2.75) is 64.9 Å². The van der Waals surface area contributed by atoms with Gasteiger partial charge in [-0.05, 0) is 78.6 Å². The third kappa shape index (κ3) is 4.77. The zero-order valence-corrected chi connectivity index (χ0v) is 21.2. The molecule has 1 unspecified atom stereocenters. The van der Waals surface area contributed by atoms with Crippen molar-refractivity contribution in [3.8, 4) is 28.5 Å². The van der Waals surface area contributed by atoms with E-state index in [-0.39, 0.29) is 18.4 Å². The minimum Gasteiger partial charge on any atom is -0.494 e. The Labute approximate surface area is 212 Å². The molecule has 1 aliphatic carbocycles. The lowest BCUT2D eigenvalue weighted by Gasteiger charge is -2.18. The van der Waals surface area contributed by atoms with Gasteiger partial charge in [0.05, 0.1) is 19.6 Å². The van der Waals surface area contributed by atoms with Crippen molar-refractivity contribution in [1.82, 2.24) is 4.98 Å². The summed E-state index contributed by atoms with van der Waals surface area (Å²) in [7, 11) is 0. The van der Waals surface area contributed by atoms with Gasteiger partial charge in [0, 0.05) is 23.7 Å². The van der Waals surface area contributed by atoms with Gasteiger partial charge < -0.3 is 19.3 Å². The third-order valence-electron chi connectivity index (χ3n) is 7.19. The number of aryl methyl sites for hydroxylation is 2. The van der Waals surface area contributed by atoms with E-state index in [1.807, 2.05) is 0 Å². The molecule has 0 amide bonds. The van der Waals surface area contributed by atoms with Crippen LogP contribution in [-0.4, -0.2) is 29.3 Å². The number of rotatable bonds is 9. The van der Waals surface area contributed by atoms with Crippen LogP contribution in [0, 0.1) is 13.8 Å².